The normalized spacial score (nSPS) is 14.5. The van der Waals surface area contributed by atoms with Crippen LogP contribution in [0.4, 0.5) is 11.4 Å². The number of piperazine rings is 1. The van der Waals surface area contributed by atoms with Gasteiger partial charge in [0, 0.05) is 49.0 Å². The summed E-state index contributed by atoms with van der Waals surface area (Å²) in [5.41, 5.74) is 1.17. The second-order valence-corrected chi connectivity index (χ2v) is 6.52. The first-order valence-corrected chi connectivity index (χ1v) is 8.45. The average Bonchev–Trinajstić information content (AvgIpc) is 2.61. The van der Waals surface area contributed by atoms with E-state index in [2.05, 4.69) is 4.90 Å². The molecule has 0 spiro atoms. The van der Waals surface area contributed by atoms with Gasteiger partial charge >= 0.3 is 0 Å². The van der Waals surface area contributed by atoms with Gasteiger partial charge in [-0.15, -0.1) is 0 Å². The topological polar surface area (TPSA) is 66.7 Å². The van der Waals surface area contributed by atoms with Crippen molar-refractivity contribution in [3.8, 4) is 0 Å². The SMILES string of the molecule is O=C(c1ccc([N+](=O)[O-])cc1Cl)N1CCN(c2cccc(Cl)c2)CC1. The Hall–Kier alpha value is -2.31. The van der Waals surface area contributed by atoms with Crippen LogP contribution < -0.4 is 4.90 Å². The van der Waals surface area contributed by atoms with Crippen molar-refractivity contribution in [3.63, 3.8) is 0 Å². The Bertz CT molecular complexity index is 821. The molecule has 1 aliphatic rings. The fourth-order valence-electron chi connectivity index (χ4n) is 2.80. The third kappa shape index (κ3) is 3.86. The summed E-state index contributed by atoms with van der Waals surface area (Å²) in [6, 6.07) is 11.5. The van der Waals surface area contributed by atoms with Gasteiger partial charge in [-0.2, -0.15) is 0 Å². The summed E-state index contributed by atoms with van der Waals surface area (Å²) in [6.45, 7) is 2.44. The Morgan fingerprint density at radius 3 is 2.36 bits per heavy atom. The molecule has 1 saturated heterocycles. The zero-order valence-electron chi connectivity index (χ0n) is 13.2. The van der Waals surface area contributed by atoms with Gasteiger partial charge in [0.25, 0.3) is 11.6 Å². The van der Waals surface area contributed by atoms with Crippen LogP contribution in [0.1, 0.15) is 10.4 Å². The first-order chi connectivity index (χ1) is 12.0. The molecule has 1 fully saturated rings. The number of benzene rings is 2. The number of carbonyl (C=O) groups is 1. The number of non-ortho nitro benzene ring substituents is 1. The lowest BCUT2D eigenvalue weighted by atomic mass is 10.1. The summed E-state index contributed by atoms with van der Waals surface area (Å²) in [5, 5.41) is 11.5. The highest BCUT2D eigenvalue weighted by atomic mass is 35.5. The highest BCUT2D eigenvalue weighted by Gasteiger charge is 2.24. The molecule has 1 amide bonds. The average molecular weight is 380 g/mol. The highest BCUT2D eigenvalue weighted by molar-refractivity contribution is 6.34. The van der Waals surface area contributed by atoms with Crippen molar-refractivity contribution in [3.05, 3.63) is 68.2 Å². The fraction of sp³-hybridized carbons (Fsp3) is 0.235. The number of nitro benzene ring substituents is 1. The third-order valence-corrected chi connectivity index (χ3v) is 4.68. The van der Waals surface area contributed by atoms with Gasteiger partial charge < -0.3 is 9.80 Å². The van der Waals surface area contributed by atoms with E-state index in [1.165, 1.54) is 18.2 Å². The first-order valence-electron chi connectivity index (χ1n) is 7.69. The van der Waals surface area contributed by atoms with Crippen molar-refractivity contribution in [2.45, 2.75) is 0 Å². The largest absolute Gasteiger partial charge is 0.368 e. The molecule has 1 heterocycles. The molecule has 25 heavy (non-hydrogen) atoms. The minimum Gasteiger partial charge on any atom is -0.368 e. The molecule has 1 aliphatic heterocycles. The molecular weight excluding hydrogens is 365 g/mol. The maximum Gasteiger partial charge on any atom is 0.270 e. The molecule has 2 aromatic rings. The number of nitrogens with zero attached hydrogens (tertiary/aromatic N) is 3. The van der Waals surface area contributed by atoms with Crippen molar-refractivity contribution in [1.82, 2.24) is 4.90 Å². The lowest BCUT2D eigenvalue weighted by molar-refractivity contribution is -0.384. The lowest BCUT2D eigenvalue weighted by Crippen LogP contribution is -2.48. The van der Waals surface area contributed by atoms with E-state index in [4.69, 9.17) is 23.2 Å². The van der Waals surface area contributed by atoms with Gasteiger partial charge in [0.15, 0.2) is 0 Å². The summed E-state index contributed by atoms with van der Waals surface area (Å²) in [6.07, 6.45) is 0. The molecule has 0 saturated carbocycles. The number of anilines is 1. The van der Waals surface area contributed by atoms with Crippen LogP contribution in [0.5, 0.6) is 0 Å². The molecule has 2 aromatic carbocycles. The van der Waals surface area contributed by atoms with Gasteiger partial charge in [-0.05, 0) is 24.3 Å². The number of halogens is 2. The van der Waals surface area contributed by atoms with E-state index in [0.717, 1.165) is 5.69 Å². The summed E-state index contributed by atoms with van der Waals surface area (Å²) in [7, 11) is 0. The zero-order valence-corrected chi connectivity index (χ0v) is 14.7. The van der Waals surface area contributed by atoms with Crippen molar-refractivity contribution in [2.24, 2.45) is 0 Å². The van der Waals surface area contributed by atoms with Crippen LogP contribution in [0, 0.1) is 10.1 Å². The predicted octanol–water partition coefficient (Wildman–Crippen LogP) is 3.86. The highest BCUT2D eigenvalue weighted by Crippen LogP contribution is 2.25. The van der Waals surface area contributed by atoms with Gasteiger partial charge in [0.2, 0.25) is 0 Å². The van der Waals surface area contributed by atoms with Gasteiger partial charge in [-0.1, -0.05) is 29.3 Å². The zero-order chi connectivity index (χ0) is 18.0. The van der Waals surface area contributed by atoms with Crippen molar-refractivity contribution < 1.29 is 9.72 Å². The van der Waals surface area contributed by atoms with Crippen LogP contribution in [0.3, 0.4) is 0 Å². The number of nitro groups is 1. The number of rotatable bonds is 3. The smallest absolute Gasteiger partial charge is 0.270 e. The van der Waals surface area contributed by atoms with E-state index in [-0.39, 0.29) is 22.2 Å². The summed E-state index contributed by atoms with van der Waals surface area (Å²) in [4.78, 5) is 26.7. The van der Waals surface area contributed by atoms with E-state index in [1.807, 2.05) is 24.3 Å². The van der Waals surface area contributed by atoms with Crippen molar-refractivity contribution >= 4 is 40.5 Å². The third-order valence-electron chi connectivity index (χ3n) is 4.13. The standard InChI is InChI=1S/C17H15Cl2N3O3/c18-12-2-1-3-13(10-12)20-6-8-21(9-7-20)17(23)15-5-4-14(22(24)25)11-16(15)19/h1-5,10-11H,6-9H2. The molecule has 0 aromatic heterocycles. The Morgan fingerprint density at radius 2 is 1.76 bits per heavy atom. The molecule has 0 atom stereocenters. The molecule has 0 aliphatic carbocycles. The van der Waals surface area contributed by atoms with Gasteiger partial charge in [-0.25, -0.2) is 0 Å². The molecule has 0 bridgehead atoms. The summed E-state index contributed by atoms with van der Waals surface area (Å²) < 4.78 is 0. The molecule has 130 valence electrons. The Morgan fingerprint density at radius 1 is 1.04 bits per heavy atom. The second-order valence-electron chi connectivity index (χ2n) is 5.68. The van der Waals surface area contributed by atoms with Crippen LogP contribution in [0.2, 0.25) is 10.0 Å². The molecule has 0 radical (unpaired) electrons. The van der Waals surface area contributed by atoms with Crippen LogP contribution >= 0.6 is 23.2 Å². The minimum atomic E-state index is -0.538. The van der Waals surface area contributed by atoms with E-state index >= 15 is 0 Å². The van der Waals surface area contributed by atoms with Crippen LogP contribution in [0.15, 0.2) is 42.5 Å². The van der Waals surface area contributed by atoms with E-state index in [0.29, 0.717) is 31.2 Å². The quantitative estimate of drug-likeness (QED) is 0.599. The fourth-order valence-corrected chi connectivity index (χ4v) is 3.24. The number of hydrogen-bond acceptors (Lipinski definition) is 4. The molecule has 0 N–H and O–H groups in total. The van der Waals surface area contributed by atoms with Crippen LogP contribution in [-0.4, -0.2) is 41.9 Å². The maximum absolute atomic E-state index is 12.6. The van der Waals surface area contributed by atoms with Crippen molar-refractivity contribution in [2.75, 3.05) is 31.1 Å². The molecule has 6 nitrogen and oxygen atoms in total. The molecule has 8 heteroatoms. The van der Waals surface area contributed by atoms with Crippen molar-refractivity contribution in [1.29, 1.82) is 0 Å². The molecule has 0 unspecified atom stereocenters. The predicted molar refractivity (Wildman–Crippen MR) is 97.7 cm³/mol. The Labute approximate surface area is 154 Å². The number of hydrogen-bond donors (Lipinski definition) is 0. The van der Waals surface area contributed by atoms with Crippen LogP contribution in [0.25, 0.3) is 0 Å². The van der Waals surface area contributed by atoms with Gasteiger partial charge in [-0.3, -0.25) is 14.9 Å². The van der Waals surface area contributed by atoms with Gasteiger partial charge in [0.1, 0.15) is 0 Å². The van der Waals surface area contributed by atoms with E-state index in [9.17, 15) is 14.9 Å². The van der Waals surface area contributed by atoms with Gasteiger partial charge in [0.05, 0.1) is 15.5 Å². The Balaban J connectivity index is 1.68. The monoisotopic (exact) mass is 379 g/mol. The van der Waals surface area contributed by atoms with E-state index < -0.39 is 4.92 Å². The first kappa shape index (κ1) is 17.5. The summed E-state index contributed by atoms with van der Waals surface area (Å²) >= 11 is 12.1. The number of carbonyl (C=O) groups excluding carboxylic acids is 1. The summed E-state index contributed by atoms with van der Waals surface area (Å²) in [5.74, 6) is -0.217. The number of amides is 1. The molecule has 3 rings (SSSR count). The minimum absolute atomic E-state index is 0.0940. The van der Waals surface area contributed by atoms with Crippen LogP contribution in [-0.2, 0) is 0 Å². The lowest BCUT2D eigenvalue weighted by Gasteiger charge is -2.36. The molecular formula is C17H15Cl2N3O3. The Kier molecular flexibility index (Phi) is 5.11. The second kappa shape index (κ2) is 7.29. The maximum atomic E-state index is 12.6. The van der Waals surface area contributed by atoms with E-state index in [1.54, 1.807) is 4.90 Å².